The largest absolute Gasteiger partial charge is 0.433 e. The highest BCUT2D eigenvalue weighted by molar-refractivity contribution is 7.92. The fraction of sp³-hybridized carbons (Fsp3) is 0.346. The molecule has 1 aliphatic rings. The monoisotopic (exact) mass is 614 g/mol. The quantitative estimate of drug-likeness (QED) is 0.362. The Kier molecular flexibility index (Phi) is 8.92. The highest BCUT2D eigenvalue weighted by atomic mass is 35.5. The van der Waals surface area contributed by atoms with Crippen LogP contribution in [0.5, 0.6) is 0 Å². The molecule has 15 heteroatoms. The molecule has 2 aromatic heterocycles. The zero-order valence-electron chi connectivity index (χ0n) is 22.0. The number of carbonyl (C=O) groups is 1. The summed E-state index contributed by atoms with van der Waals surface area (Å²) < 4.78 is 79.8. The lowest BCUT2D eigenvalue weighted by Gasteiger charge is -2.37. The molecule has 2 N–H and O–H groups in total. The predicted molar refractivity (Wildman–Crippen MR) is 148 cm³/mol. The van der Waals surface area contributed by atoms with Gasteiger partial charge in [-0.15, -0.1) is 0 Å². The minimum atomic E-state index is -4.66. The van der Waals surface area contributed by atoms with Crippen molar-refractivity contribution in [2.24, 2.45) is 0 Å². The first-order valence-corrected chi connectivity index (χ1v) is 14.7. The maximum atomic E-state index is 14.4. The molecular formula is C26H27ClF4N6O3S. The van der Waals surface area contributed by atoms with Gasteiger partial charge in [-0.05, 0) is 42.8 Å². The van der Waals surface area contributed by atoms with E-state index in [0.29, 0.717) is 42.6 Å². The lowest BCUT2D eigenvalue weighted by Crippen LogP contribution is -2.47. The molecule has 220 valence electrons. The predicted octanol–water partition coefficient (Wildman–Crippen LogP) is 4.41. The number of halogens is 5. The maximum Gasteiger partial charge on any atom is 0.433 e. The van der Waals surface area contributed by atoms with Gasteiger partial charge in [0.05, 0.1) is 22.9 Å². The first kappa shape index (κ1) is 30.3. The Hall–Kier alpha value is -3.65. The minimum Gasteiger partial charge on any atom is -0.353 e. The van der Waals surface area contributed by atoms with Crippen LogP contribution in [0.3, 0.4) is 0 Å². The number of hydrogen-bond acceptors (Lipinski definition) is 7. The summed E-state index contributed by atoms with van der Waals surface area (Å²) in [6.45, 7) is 2.96. The molecule has 0 radical (unpaired) electrons. The number of amides is 1. The van der Waals surface area contributed by atoms with Gasteiger partial charge in [-0.1, -0.05) is 23.7 Å². The molecule has 1 fully saturated rings. The number of rotatable bonds is 8. The number of nitrogens with zero attached hydrogens (tertiary/aromatic N) is 4. The standard InChI is InChI=1S/C26H27ClF4N6O3S/c1-16(17-5-7-21(20(28)14-17)35-41(2,39)40)25(38)33-15-18-6-8-22(26(29,30)31)34-23(18)36-10-12-37(13-11-36)24-19(27)4-3-9-32-24/h3-9,14,16,35H,10-13,15H2,1-2H3,(H,33,38). The van der Waals surface area contributed by atoms with E-state index in [1.165, 1.54) is 25.1 Å². The summed E-state index contributed by atoms with van der Waals surface area (Å²) in [4.78, 5) is 24.7. The Bertz CT molecular complexity index is 1530. The van der Waals surface area contributed by atoms with Crippen molar-refractivity contribution in [3.63, 3.8) is 0 Å². The first-order valence-electron chi connectivity index (χ1n) is 12.5. The van der Waals surface area contributed by atoms with E-state index >= 15 is 0 Å². The molecule has 1 amide bonds. The van der Waals surface area contributed by atoms with Crippen molar-refractivity contribution < 1.29 is 30.8 Å². The number of aromatic nitrogens is 2. The Morgan fingerprint density at radius 1 is 1.07 bits per heavy atom. The van der Waals surface area contributed by atoms with Gasteiger partial charge in [0.25, 0.3) is 0 Å². The number of sulfonamides is 1. The van der Waals surface area contributed by atoms with Crippen molar-refractivity contribution in [1.82, 2.24) is 15.3 Å². The number of hydrogen-bond donors (Lipinski definition) is 2. The van der Waals surface area contributed by atoms with Crippen molar-refractivity contribution in [1.29, 1.82) is 0 Å². The van der Waals surface area contributed by atoms with Crippen LogP contribution in [0.15, 0.2) is 48.7 Å². The third-order valence-corrected chi connectivity index (χ3v) is 7.38. The van der Waals surface area contributed by atoms with Crippen LogP contribution in [0, 0.1) is 5.82 Å². The van der Waals surface area contributed by atoms with E-state index in [-0.39, 0.29) is 23.6 Å². The molecular weight excluding hydrogens is 588 g/mol. The summed E-state index contributed by atoms with van der Waals surface area (Å²) in [6.07, 6.45) is -2.16. The molecule has 1 saturated heterocycles. The summed E-state index contributed by atoms with van der Waals surface area (Å²) in [6, 6.07) is 9.24. The first-order chi connectivity index (χ1) is 19.2. The van der Waals surface area contributed by atoms with Gasteiger partial charge in [-0.25, -0.2) is 22.8 Å². The number of piperazine rings is 1. The normalized spacial score (nSPS) is 15.0. The maximum absolute atomic E-state index is 14.4. The number of anilines is 3. The van der Waals surface area contributed by atoms with Crippen LogP contribution >= 0.6 is 11.6 Å². The molecule has 1 aliphatic heterocycles. The number of alkyl halides is 3. The topological polar surface area (TPSA) is 108 Å². The summed E-state index contributed by atoms with van der Waals surface area (Å²) in [5, 5.41) is 3.16. The van der Waals surface area contributed by atoms with Crippen molar-refractivity contribution in [3.05, 3.63) is 76.3 Å². The molecule has 41 heavy (non-hydrogen) atoms. The number of nitrogens with one attached hydrogen (secondary N) is 2. The molecule has 9 nitrogen and oxygen atoms in total. The van der Waals surface area contributed by atoms with E-state index in [1.807, 2.05) is 4.90 Å². The lowest BCUT2D eigenvalue weighted by atomic mass is 9.99. The van der Waals surface area contributed by atoms with Crippen LogP contribution in [0.1, 0.15) is 29.7 Å². The van der Waals surface area contributed by atoms with E-state index in [4.69, 9.17) is 11.6 Å². The fourth-order valence-corrected chi connectivity index (χ4v) is 5.16. The van der Waals surface area contributed by atoms with Gasteiger partial charge in [-0.2, -0.15) is 13.2 Å². The zero-order chi connectivity index (χ0) is 29.9. The molecule has 0 bridgehead atoms. The van der Waals surface area contributed by atoms with Crippen molar-refractivity contribution in [3.8, 4) is 0 Å². The molecule has 1 atom stereocenters. The van der Waals surface area contributed by atoms with Gasteiger partial charge in [0.2, 0.25) is 15.9 Å². The van der Waals surface area contributed by atoms with E-state index in [9.17, 15) is 30.8 Å². The molecule has 0 aliphatic carbocycles. The van der Waals surface area contributed by atoms with Crippen LogP contribution in [-0.4, -0.2) is 56.7 Å². The van der Waals surface area contributed by atoms with Crippen molar-refractivity contribution >= 4 is 44.9 Å². The number of pyridine rings is 2. The summed E-state index contributed by atoms with van der Waals surface area (Å²) >= 11 is 6.25. The van der Waals surface area contributed by atoms with E-state index in [2.05, 4.69) is 20.0 Å². The highest BCUT2D eigenvalue weighted by Crippen LogP contribution is 2.32. The van der Waals surface area contributed by atoms with Gasteiger partial charge < -0.3 is 15.1 Å². The third kappa shape index (κ3) is 7.55. The minimum absolute atomic E-state index is 0.0989. The smallest absolute Gasteiger partial charge is 0.353 e. The zero-order valence-corrected chi connectivity index (χ0v) is 23.6. The highest BCUT2D eigenvalue weighted by Gasteiger charge is 2.34. The summed E-state index contributed by atoms with van der Waals surface area (Å²) in [5.74, 6) is -1.51. The van der Waals surface area contributed by atoms with Gasteiger partial charge in [0.15, 0.2) is 0 Å². The van der Waals surface area contributed by atoms with E-state index < -0.39 is 39.5 Å². The second-order valence-corrected chi connectivity index (χ2v) is 11.7. The van der Waals surface area contributed by atoms with Gasteiger partial charge >= 0.3 is 6.18 Å². The van der Waals surface area contributed by atoms with Crippen LogP contribution in [0.4, 0.5) is 34.9 Å². The fourth-order valence-electron chi connectivity index (χ4n) is 4.36. The molecule has 3 heterocycles. The molecule has 0 saturated carbocycles. The van der Waals surface area contributed by atoms with Gasteiger partial charge in [-0.3, -0.25) is 9.52 Å². The molecule has 1 aromatic carbocycles. The van der Waals surface area contributed by atoms with Crippen LogP contribution in [-0.2, 0) is 27.5 Å². The SMILES string of the molecule is CC(C(=O)NCc1ccc(C(F)(F)F)nc1N1CCN(c2ncccc2Cl)CC1)c1ccc(NS(C)(=O)=O)c(F)c1. The third-order valence-electron chi connectivity index (χ3n) is 6.50. The van der Waals surface area contributed by atoms with Crippen LogP contribution in [0.2, 0.25) is 5.02 Å². The second kappa shape index (κ2) is 12.1. The molecule has 0 spiro atoms. The Labute approximate surface area is 239 Å². The van der Waals surface area contributed by atoms with Gasteiger partial charge in [0.1, 0.15) is 23.1 Å². The van der Waals surface area contributed by atoms with Crippen LogP contribution < -0.4 is 19.8 Å². The van der Waals surface area contributed by atoms with Crippen molar-refractivity contribution in [2.45, 2.75) is 25.6 Å². The van der Waals surface area contributed by atoms with E-state index in [0.717, 1.165) is 18.4 Å². The Morgan fingerprint density at radius 2 is 1.73 bits per heavy atom. The summed E-state index contributed by atoms with van der Waals surface area (Å²) in [5.41, 5.74) is -0.643. The Balaban J connectivity index is 1.49. The number of benzene rings is 1. The second-order valence-electron chi connectivity index (χ2n) is 9.51. The summed E-state index contributed by atoms with van der Waals surface area (Å²) in [7, 11) is -3.69. The average Bonchev–Trinajstić information content (AvgIpc) is 2.91. The van der Waals surface area contributed by atoms with Gasteiger partial charge in [0, 0.05) is 44.5 Å². The van der Waals surface area contributed by atoms with Crippen molar-refractivity contribution in [2.75, 3.05) is 47.0 Å². The Morgan fingerprint density at radius 3 is 2.32 bits per heavy atom. The van der Waals surface area contributed by atoms with E-state index in [1.54, 1.807) is 23.2 Å². The molecule has 1 unspecified atom stereocenters. The average molecular weight is 615 g/mol. The molecule has 3 aromatic rings. The van der Waals surface area contributed by atoms with Crippen LogP contribution in [0.25, 0.3) is 0 Å². The lowest BCUT2D eigenvalue weighted by molar-refractivity contribution is -0.141. The number of carbonyl (C=O) groups excluding carboxylic acids is 1. The molecule has 4 rings (SSSR count).